The van der Waals surface area contributed by atoms with Crippen LogP contribution < -0.4 is 20.4 Å². The van der Waals surface area contributed by atoms with Crippen LogP contribution in [0.5, 0.6) is 0 Å². The van der Waals surface area contributed by atoms with E-state index in [4.69, 9.17) is 15.7 Å². The van der Waals surface area contributed by atoms with Gasteiger partial charge in [-0.25, -0.2) is 15.0 Å². The molecule has 0 aliphatic carbocycles. The predicted octanol–water partition coefficient (Wildman–Crippen LogP) is 0.439. The first-order valence-corrected chi connectivity index (χ1v) is 9.34. The molecular formula is C18H26N8O. The normalized spacial score (nSPS) is 17.7. The minimum absolute atomic E-state index is 0.215. The van der Waals surface area contributed by atoms with E-state index in [0.29, 0.717) is 12.4 Å². The molecule has 0 spiro atoms. The number of fused-ring (bicyclic) bond motifs is 1. The fraction of sp³-hybridized carbons (Fsp3) is 0.556. The van der Waals surface area contributed by atoms with Crippen molar-refractivity contribution in [3.8, 4) is 0 Å². The van der Waals surface area contributed by atoms with Crippen molar-refractivity contribution >= 4 is 23.4 Å². The van der Waals surface area contributed by atoms with Crippen LogP contribution in [0, 0.1) is 0 Å². The number of piperidine rings is 1. The number of hydrogen-bond acceptors (Lipinski definition) is 9. The lowest BCUT2D eigenvalue weighted by Crippen LogP contribution is -2.39. The van der Waals surface area contributed by atoms with E-state index >= 15 is 0 Å². The minimum atomic E-state index is -0.215. The standard InChI is InChI=1S/C18H26N8O/c1-24(2)18-22-14-5-8-26(16-9-15(19)20-11-21-16)10-13(14)17(23-18)25-6-3-12(27)4-7-25/h9,11-12,27H,3-8,10H2,1-2H3,(H2,19,20,21). The summed E-state index contributed by atoms with van der Waals surface area (Å²) in [5.74, 6) is 3.00. The quantitative estimate of drug-likeness (QED) is 0.795. The van der Waals surface area contributed by atoms with Gasteiger partial charge in [0.05, 0.1) is 11.8 Å². The second kappa shape index (κ2) is 7.15. The van der Waals surface area contributed by atoms with Crippen molar-refractivity contribution in [2.45, 2.75) is 31.9 Å². The van der Waals surface area contributed by atoms with Crippen molar-refractivity contribution < 1.29 is 5.11 Å². The highest BCUT2D eigenvalue weighted by Crippen LogP contribution is 2.32. The second-order valence-corrected chi connectivity index (χ2v) is 7.36. The van der Waals surface area contributed by atoms with Crippen LogP contribution in [0.4, 0.5) is 23.4 Å². The van der Waals surface area contributed by atoms with Crippen LogP contribution in [0.2, 0.25) is 0 Å². The molecule has 1 fully saturated rings. The first kappa shape index (κ1) is 17.7. The summed E-state index contributed by atoms with van der Waals surface area (Å²) >= 11 is 0. The number of aliphatic hydroxyl groups excluding tert-OH is 1. The molecular weight excluding hydrogens is 344 g/mol. The van der Waals surface area contributed by atoms with Crippen LogP contribution in [-0.2, 0) is 13.0 Å². The van der Waals surface area contributed by atoms with E-state index in [0.717, 1.165) is 67.7 Å². The number of aliphatic hydroxyl groups is 1. The van der Waals surface area contributed by atoms with E-state index in [-0.39, 0.29) is 6.10 Å². The van der Waals surface area contributed by atoms with Crippen molar-refractivity contribution in [2.75, 3.05) is 54.2 Å². The highest BCUT2D eigenvalue weighted by atomic mass is 16.3. The van der Waals surface area contributed by atoms with Crippen LogP contribution in [0.15, 0.2) is 12.4 Å². The molecule has 0 radical (unpaired) electrons. The summed E-state index contributed by atoms with van der Waals surface area (Å²) < 4.78 is 0. The van der Waals surface area contributed by atoms with Crippen molar-refractivity contribution in [3.63, 3.8) is 0 Å². The van der Waals surface area contributed by atoms with Gasteiger partial charge in [0.2, 0.25) is 5.95 Å². The van der Waals surface area contributed by atoms with Crippen LogP contribution in [0.25, 0.3) is 0 Å². The Morgan fingerprint density at radius 2 is 1.89 bits per heavy atom. The van der Waals surface area contributed by atoms with Gasteiger partial charge >= 0.3 is 0 Å². The van der Waals surface area contributed by atoms with Gasteiger partial charge in [-0.1, -0.05) is 0 Å². The zero-order chi connectivity index (χ0) is 19.0. The number of aromatic nitrogens is 4. The molecule has 9 heteroatoms. The second-order valence-electron chi connectivity index (χ2n) is 7.36. The zero-order valence-electron chi connectivity index (χ0n) is 15.8. The summed E-state index contributed by atoms with van der Waals surface area (Å²) in [6.07, 6.45) is 3.64. The molecule has 0 bridgehead atoms. The smallest absolute Gasteiger partial charge is 0.227 e. The first-order valence-electron chi connectivity index (χ1n) is 9.34. The van der Waals surface area contributed by atoms with Crippen LogP contribution in [0.1, 0.15) is 24.1 Å². The zero-order valence-corrected chi connectivity index (χ0v) is 15.8. The van der Waals surface area contributed by atoms with Crippen molar-refractivity contribution in [1.29, 1.82) is 0 Å². The highest BCUT2D eigenvalue weighted by Gasteiger charge is 2.28. The molecule has 1 saturated heterocycles. The van der Waals surface area contributed by atoms with E-state index in [1.54, 1.807) is 6.07 Å². The Hall–Kier alpha value is -2.68. The number of anilines is 4. The molecule has 2 aliphatic rings. The summed E-state index contributed by atoms with van der Waals surface area (Å²) in [7, 11) is 3.93. The molecule has 0 aromatic carbocycles. The minimum Gasteiger partial charge on any atom is -0.393 e. The topological polar surface area (TPSA) is 108 Å². The maximum absolute atomic E-state index is 9.87. The van der Waals surface area contributed by atoms with Crippen molar-refractivity contribution in [3.05, 3.63) is 23.7 Å². The Labute approximate surface area is 158 Å². The van der Waals surface area contributed by atoms with E-state index < -0.39 is 0 Å². The molecule has 4 rings (SSSR count). The van der Waals surface area contributed by atoms with Gasteiger partial charge in [-0.2, -0.15) is 4.98 Å². The number of nitrogens with zero attached hydrogens (tertiary/aromatic N) is 7. The van der Waals surface area contributed by atoms with Crippen molar-refractivity contribution in [1.82, 2.24) is 19.9 Å². The summed E-state index contributed by atoms with van der Waals surface area (Å²) in [5.41, 5.74) is 8.06. The maximum atomic E-state index is 9.87. The SMILES string of the molecule is CN(C)c1nc2c(c(N3CCC(O)CC3)n1)CN(c1cc(N)ncn1)CC2. The van der Waals surface area contributed by atoms with Gasteiger partial charge in [-0.3, -0.25) is 0 Å². The molecule has 0 saturated carbocycles. The summed E-state index contributed by atoms with van der Waals surface area (Å²) in [6.45, 7) is 3.12. The third-order valence-electron chi connectivity index (χ3n) is 5.19. The van der Waals surface area contributed by atoms with E-state index in [1.807, 2.05) is 19.0 Å². The molecule has 2 aromatic rings. The Bertz CT molecular complexity index is 819. The van der Waals surface area contributed by atoms with Gasteiger partial charge in [0.25, 0.3) is 0 Å². The third kappa shape index (κ3) is 3.59. The first-order chi connectivity index (χ1) is 13.0. The van der Waals surface area contributed by atoms with Gasteiger partial charge in [-0.05, 0) is 12.8 Å². The summed E-state index contributed by atoms with van der Waals surface area (Å²) in [6, 6.07) is 1.80. The van der Waals surface area contributed by atoms with Gasteiger partial charge in [-0.15, -0.1) is 0 Å². The molecule has 0 amide bonds. The monoisotopic (exact) mass is 370 g/mol. The molecule has 4 heterocycles. The number of nitrogens with two attached hydrogens (primary N) is 1. The fourth-order valence-electron chi connectivity index (χ4n) is 3.65. The Kier molecular flexibility index (Phi) is 4.69. The lowest BCUT2D eigenvalue weighted by atomic mass is 10.0. The molecule has 0 unspecified atom stereocenters. The number of rotatable bonds is 3. The average molecular weight is 370 g/mol. The van der Waals surface area contributed by atoms with E-state index in [2.05, 4.69) is 19.8 Å². The van der Waals surface area contributed by atoms with Crippen LogP contribution >= 0.6 is 0 Å². The third-order valence-corrected chi connectivity index (χ3v) is 5.19. The fourth-order valence-corrected chi connectivity index (χ4v) is 3.65. The highest BCUT2D eigenvalue weighted by molar-refractivity contribution is 5.58. The van der Waals surface area contributed by atoms with Crippen LogP contribution in [-0.4, -0.2) is 64.9 Å². The largest absolute Gasteiger partial charge is 0.393 e. The molecule has 0 atom stereocenters. The molecule has 3 N–H and O–H groups in total. The number of nitrogen functional groups attached to an aromatic ring is 1. The van der Waals surface area contributed by atoms with Crippen LogP contribution in [0.3, 0.4) is 0 Å². The molecule has 2 aliphatic heterocycles. The van der Waals surface area contributed by atoms with Gasteiger partial charge in [0.1, 0.15) is 23.8 Å². The summed E-state index contributed by atoms with van der Waals surface area (Å²) in [4.78, 5) is 24.4. The van der Waals surface area contributed by atoms with Gasteiger partial charge in [0, 0.05) is 58.3 Å². The average Bonchev–Trinajstić information content (AvgIpc) is 2.67. The molecule has 9 nitrogen and oxygen atoms in total. The van der Waals surface area contributed by atoms with Gasteiger partial charge in [0.15, 0.2) is 0 Å². The van der Waals surface area contributed by atoms with Gasteiger partial charge < -0.3 is 25.5 Å². The lowest BCUT2D eigenvalue weighted by Gasteiger charge is -2.36. The summed E-state index contributed by atoms with van der Waals surface area (Å²) in [5, 5.41) is 9.87. The maximum Gasteiger partial charge on any atom is 0.227 e. The van der Waals surface area contributed by atoms with Crippen molar-refractivity contribution in [2.24, 2.45) is 0 Å². The lowest BCUT2D eigenvalue weighted by molar-refractivity contribution is 0.145. The molecule has 2 aromatic heterocycles. The Morgan fingerprint density at radius 3 is 2.59 bits per heavy atom. The Balaban J connectivity index is 1.70. The van der Waals surface area contributed by atoms with E-state index in [9.17, 15) is 5.11 Å². The Morgan fingerprint density at radius 1 is 1.11 bits per heavy atom. The predicted molar refractivity (Wildman–Crippen MR) is 105 cm³/mol. The molecule has 27 heavy (non-hydrogen) atoms. The molecule has 144 valence electrons. The van der Waals surface area contributed by atoms with E-state index in [1.165, 1.54) is 6.33 Å². The number of hydrogen-bond donors (Lipinski definition) is 2.